The zero-order valence-corrected chi connectivity index (χ0v) is 16.0. The van der Waals surface area contributed by atoms with Gasteiger partial charge in [0.25, 0.3) is 5.91 Å². The Labute approximate surface area is 160 Å². The van der Waals surface area contributed by atoms with Gasteiger partial charge in [0.1, 0.15) is 5.82 Å². The molecule has 0 unspecified atom stereocenters. The summed E-state index contributed by atoms with van der Waals surface area (Å²) >= 11 is 0. The highest BCUT2D eigenvalue weighted by molar-refractivity contribution is 5.94. The zero-order chi connectivity index (χ0) is 18.6. The van der Waals surface area contributed by atoms with Crippen molar-refractivity contribution in [1.82, 2.24) is 30.0 Å². The number of piperazine rings is 1. The predicted molar refractivity (Wildman–Crippen MR) is 102 cm³/mol. The number of carbonyl (C=O) groups is 1. The standard InChI is InChI=1S/C20H28N6O/c1-16-21-22-23-26(16)15-17-7-9-18(10-8-17)20(27)25-13-11-24(12-14-25)19-5-3-2-4-6-19/h7-10,19H,2-6,11-15H2,1H3. The Hall–Kier alpha value is -2.28. The minimum absolute atomic E-state index is 0.142. The molecule has 0 N–H and O–H groups in total. The average molecular weight is 368 g/mol. The van der Waals surface area contributed by atoms with Crippen molar-refractivity contribution in [2.24, 2.45) is 0 Å². The van der Waals surface area contributed by atoms with Crippen LogP contribution in [0.1, 0.15) is 53.8 Å². The first-order chi connectivity index (χ1) is 13.2. The predicted octanol–water partition coefficient (Wildman–Crippen LogP) is 2.12. The third-order valence-electron chi connectivity index (χ3n) is 5.94. The fourth-order valence-electron chi connectivity index (χ4n) is 4.24. The molecule has 0 radical (unpaired) electrons. The van der Waals surface area contributed by atoms with Crippen molar-refractivity contribution >= 4 is 5.91 Å². The molecule has 1 amide bonds. The van der Waals surface area contributed by atoms with Gasteiger partial charge in [-0.15, -0.1) is 5.10 Å². The lowest BCUT2D eigenvalue weighted by Gasteiger charge is -2.40. The van der Waals surface area contributed by atoms with E-state index >= 15 is 0 Å². The van der Waals surface area contributed by atoms with Crippen LogP contribution >= 0.6 is 0 Å². The Kier molecular flexibility index (Phi) is 5.48. The van der Waals surface area contributed by atoms with Crippen LogP contribution in [0, 0.1) is 6.92 Å². The number of hydrogen-bond acceptors (Lipinski definition) is 5. The molecule has 4 rings (SSSR count). The lowest BCUT2D eigenvalue weighted by atomic mass is 9.94. The molecule has 0 spiro atoms. The lowest BCUT2D eigenvalue weighted by molar-refractivity contribution is 0.0523. The van der Waals surface area contributed by atoms with E-state index in [9.17, 15) is 4.79 Å². The van der Waals surface area contributed by atoms with Crippen molar-refractivity contribution < 1.29 is 4.79 Å². The van der Waals surface area contributed by atoms with Gasteiger partial charge in [0, 0.05) is 37.8 Å². The maximum atomic E-state index is 12.8. The first-order valence-electron chi connectivity index (χ1n) is 10.1. The van der Waals surface area contributed by atoms with Crippen LogP contribution in [0.2, 0.25) is 0 Å². The summed E-state index contributed by atoms with van der Waals surface area (Å²) < 4.78 is 1.75. The van der Waals surface area contributed by atoms with E-state index in [0.29, 0.717) is 6.54 Å². The monoisotopic (exact) mass is 368 g/mol. The van der Waals surface area contributed by atoms with Crippen molar-refractivity contribution in [2.45, 2.75) is 51.6 Å². The number of aryl methyl sites for hydroxylation is 1. The first-order valence-corrected chi connectivity index (χ1v) is 10.1. The molecule has 7 heteroatoms. The second-order valence-corrected chi connectivity index (χ2v) is 7.70. The Balaban J connectivity index is 1.32. The summed E-state index contributed by atoms with van der Waals surface area (Å²) in [6.07, 6.45) is 6.77. The third-order valence-corrected chi connectivity index (χ3v) is 5.94. The molecule has 144 valence electrons. The van der Waals surface area contributed by atoms with Gasteiger partial charge in [0.15, 0.2) is 0 Å². The van der Waals surface area contributed by atoms with Gasteiger partial charge in [0.05, 0.1) is 6.54 Å². The molecule has 2 aromatic rings. The molecule has 27 heavy (non-hydrogen) atoms. The van der Waals surface area contributed by atoms with E-state index in [0.717, 1.165) is 49.2 Å². The molecule has 1 aliphatic carbocycles. The maximum Gasteiger partial charge on any atom is 0.253 e. The second kappa shape index (κ2) is 8.17. The summed E-state index contributed by atoms with van der Waals surface area (Å²) in [6, 6.07) is 8.57. The Morgan fingerprint density at radius 3 is 2.37 bits per heavy atom. The van der Waals surface area contributed by atoms with E-state index < -0.39 is 0 Å². The fraction of sp³-hybridized carbons (Fsp3) is 0.600. The summed E-state index contributed by atoms with van der Waals surface area (Å²) in [7, 11) is 0. The molecule has 1 saturated carbocycles. The number of hydrogen-bond donors (Lipinski definition) is 0. The minimum atomic E-state index is 0.142. The SMILES string of the molecule is Cc1nnnn1Cc1ccc(C(=O)N2CCN(C3CCCCC3)CC2)cc1. The molecular formula is C20H28N6O. The zero-order valence-electron chi connectivity index (χ0n) is 16.0. The quantitative estimate of drug-likeness (QED) is 0.827. The third kappa shape index (κ3) is 4.18. The van der Waals surface area contributed by atoms with E-state index in [1.165, 1.54) is 32.1 Å². The van der Waals surface area contributed by atoms with E-state index in [4.69, 9.17) is 0 Å². The smallest absolute Gasteiger partial charge is 0.253 e. The van der Waals surface area contributed by atoms with Crippen molar-refractivity contribution in [3.63, 3.8) is 0 Å². The van der Waals surface area contributed by atoms with Gasteiger partial charge in [-0.05, 0) is 47.9 Å². The Morgan fingerprint density at radius 1 is 1.04 bits per heavy atom. The van der Waals surface area contributed by atoms with E-state index in [2.05, 4.69) is 20.4 Å². The number of aromatic nitrogens is 4. The number of nitrogens with zero attached hydrogens (tertiary/aromatic N) is 6. The van der Waals surface area contributed by atoms with Crippen LogP contribution < -0.4 is 0 Å². The molecule has 1 aromatic heterocycles. The number of rotatable bonds is 4. The van der Waals surface area contributed by atoms with E-state index in [1.54, 1.807) is 4.68 Å². The van der Waals surface area contributed by atoms with Crippen LogP contribution in [0.15, 0.2) is 24.3 Å². The molecule has 1 saturated heterocycles. The van der Waals surface area contributed by atoms with Crippen LogP contribution in [0.3, 0.4) is 0 Å². The lowest BCUT2D eigenvalue weighted by Crippen LogP contribution is -2.52. The topological polar surface area (TPSA) is 67.2 Å². The highest BCUT2D eigenvalue weighted by Crippen LogP contribution is 2.23. The molecular weight excluding hydrogens is 340 g/mol. The summed E-state index contributed by atoms with van der Waals surface area (Å²) in [5.41, 5.74) is 1.85. The number of carbonyl (C=O) groups excluding carboxylic acids is 1. The Morgan fingerprint density at radius 2 is 1.74 bits per heavy atom. The van der Waals surface area contributed by atoms with E-state index in [1.807, 2.05) is 36.1 Å². The van der Waals surface area contributed by atoms with Crippen LogP contribution in [0.5, 0.6) is 0 Å². The highest BCUT2D eigenvalue weighted by atomic mass is 16.2. The largest absolute Gasteiger partial charge is 0.336 e. The molecule has 7 nitrogen and oxygen atoms in total. The normalized spacial score (nSPS) is 19.4. The summed E-state index contributed by atoms with van der Waals surface area (Å²) in [5, 5.41) is 11.5. The average Bonchev–Trinajstić information content (AvgIpc) is 3.13. The second-order valence-electron chi connectivity index (χ2n) is 7.70. The number of tetrazole rings is 1. The van der Waals surface area contributed by atoms with Crippen molar-refractivity contribution in [3.8, 4) is 0 Å². The van der Waals surface area contributed by atoms with Gasteiger partial charge >= 0.3 is 0 Å². The fourth-order valence-corrected chi connectivity index (χ4v) is 4.24. The van der Waals surface area contributed by atoms with Crippen LogP contribution in [0.25, 0.3) is 0 Å². The maximum absolute atomic E-state index is 12.8. The van der Waals surface area contributed by atoms with Crippen molar-refractivity contribution in [1.29, 1.82) is 0 Å². The molecule has 0 atom stereocenters. The first kappa shape index (κ1) is 18.1. The van der Waals surface area contributed by atoms with Crippen LogP contribution in [-0.4, -0.2) is 68.1 Å². The molecule has 2 aliphatic rings. The minimum Gasteiger partial charge on any atom is -0.336 e. The number of amides is 1. The van der Waals surface area contributed by atoms with Crippen molar-refractivity contribution in [2.75, 3.05) is 26.2 Å². The van der Waals surface area contributed by atoms with Crippen molar-refractivity contribution in [3.05, 3.63) is 41.2 Å². The summed E-state index contributed by atoms with van der Waals surface area (Å²) in [6.45, 7) is 6.18. The van der Waals surface area contributed by atoms with Crippen LogP contribution in [-0.2, 0) is 6.54 Å². The molecule has 1 aromatic carbocycles. The molecule has 1 aliphatic heterocycles. The van der Waals surface area contributed by atoms with Gasteiger partial charge in [0.2, 0.25) is 0 Å². The highest BCUT2D eigenvalue weighted by Gasteiger charge is 2.27. The van der Waals surface area contributed by atoms with Gasteiger partial charge in [-0.3, -0.25) is 9.69 Å². The summed E-state index contributed by atoms with van der Waals surface area (Å²) in [4.78, 5) is 17.4. The molecule has 0 bridgehead atoms. The van der Waals surface area contributed by atoms with Gasteiger partial charge in [-0.25, -0.2) is 4.68 Å². The van der Waals surface area contributed by atoms with Crippen LogP contribution in [0.4, 0.5) is 0 Å². The molecule has 2 heterocycles. The summed E-state index contributed by atoms with van der Waals surface area (Å²) in [5.74, 6) is 0.925. The van der Waals surface area contributed by atoms with Gasteiger partial charge < -0.3 is 4.90 Å². The van der Waals surface area contributed by atoms with E-state index in [-0.39, 0.29) is 5.91 Å². The van der Waals surface area contributed by atoms with Gasteiger partial charge in [-0.1, -0.05) is 31.4 Å². The number of benzene rings is 1. The Bertz CT molecular complexity index is 757. The molecule has 2 fully saturated rings. The van der Waals surface area contributed by atoms with Gasteiger partial charge in [-0.2, -0.15) is 0 Å².